The highest BCUT2D eigenvalue weighted by Gasteiger charge is 2.41. The van der Waals surface area contributed by atoms with E-state index in [4.69, 9.17) is 26.4 Å². The molecule has 5 rings (SSSR count). The Balaban J connectivity index is 1.17. The van der Waals surface area contributed by atoms with Crippen LogP contribution in [0.2, 0.25) is 0 Å². The Morgan fingerprint density at radius 2 is 1.15 bits per heavy atom. The van der Waals surface area contributed by atoms with Gasteiger partial charge in [0.15, 0.2) is 0 Å². The molecule has 1 aliphatic carbocycles. The van der Waals surface area contributed by atoms with E-state index in [1.165, 1.54) is 5.56 Å². The van der Waals surface area contributed by atoms with Crippen molar-refractivity contribution in [2.45, 2.75) is 52.5 Å². The molecule has 1 N–H and O–H groups in total. The predicted molar refractivity (Wildman–Crippen MR) is 166 cm³/mol. The van der Waals surface area contributed by atoms with Crippen molar-refractivity contribution in [3.63, 3.8) is 0 Å². The van der Waals surface area contributed by atoms with Crippen LogP contribution in [0.3, 0.4) is 0 Å². The minimum atomic E-state index is 0.132. The number of benzene rings is 4. The van der Waals surface area contributed by atoms with Crippen LogP contribution in [-0.4, -0.2) is 11.2 Å². The van der Waals surface area contributed by atoms with E-state index in [1.54, 1.807) is 0 Å². The lowest BCUT2D eigenvalue weighted by molar-refractivity contribution is 0.0764. The molecule has 0 radical (unpaired) electrons. The van der Waals surface area contributed by atoms with Crippen molar-refractivity contribution in [3.05, 3.63) is 115 Å². The van der Waals surface area contributed by atoms with Gasteiger partial charge in [-0.15, -0.1) is 0 Å². The Bertz CT molecular complexity index is 1390. The first kappa shape index (κ1) is 27.7. The predicted octanol–water partition coefficient (Wildman–Crippen LogP) is 9.35. The van der Waals surface area contributed by atoms with Gasteiger partial charge in [-0.1, -0.05) is 69.3 Å². The van der Waals surface area contributed by atoms with Crippen molar-refractivity contribution in [2.24, 2.45) is 10.8 Å². The first-order valence-electron chi connectivity index (χ1n) is 13.9. The maximum Gasteiger partial charge on any atom is 0.262 e. The third-order valence-electron chi connectivity index (χ3n) is 7.31. The lowest BCUT2D eigenvalue weighted by atomic mass is 9.61. The van der Waals surface area contributed by atoms with Gasteiger partial charge >= 0.3 is 0 Å². The second-order valence-corrected chi connectivity index (χ2v) is 12.3. The minimum Gasteiger partial charge on any atom is -0.457 e. The Hall–Kier alpha value is -3.83. The molecule has 4 aromatic rings. The van der Waals surface area contributed by atoms with E-state index >= 15 is 0 Å². The molecule has 0 amide bonds. The third-order valence-corrected chi connectivity index (χ3v) is 7.51. The highest BCUT2D eigenvalue weighted by Crippen LogP contribution is 2.48. The van der Waals surface area contributed by atoms with Crippen LogP contribution < -0.4 is 19.5 Å². The molecule has 0 spiro atoms. The normalized spacial score (nSPS) is 19.8. The molecule has 4 aromatic carbocycles. The molecule has 0 heterocycles. The van der Waals surface area contributed by atoms with Crippen LogP contribution >= 0.6 is 12.2 Å². The lowest BCUT2D eigenvalue weighted by Crippen LogP contribution is -2.48. The Labute approximate surface area is 243 Å². The lowest BCUT2D eigenvalue weighted by Gasteiger charge is -2.47. The van der Waals surface area contributed by atoms with E-state index in [9.17, 15) is 0 Å². The van der Waals surface area contributed by atoms with Gasteiger partial charge in [-0.2, -0.15) is 0 Å². The number of para-hydroxylation sites is 2. The van der Waals surface area contributed by atoms with Crippen molar-refractivity contribution >= 4 is 17.4 Å². The van der Waals surface area contributed by atoms with Crippen molar-refractivity contribution < 1.29 is 14.2 Å². The van der Waals surface area contributed by atoms with Gasteiger partial charge < -0.3 is 19.5 Å². The molecular weight excluding hydrogens is 514 g/mol. The molecule has 206 valence electrons. The van der Waals surface area contributed by atoms with Gasteiger partial charge in [-0.25, -0.2) is 0 Å². The average molecular weight is 552 g/mol. The molecule has 4 nitrogen and oxygen atoms in total. The number of rotatable bonds is 8. The molecule has 2 atom stereocenters. The van der Waals surface area contributed by atoms with Crippen LogP contribution in [0, 0.1) is 10.8 Å². The maximum atomic E-state index is 5.99. The van der Waals surface area contributed by atoms with Crippen molar-refractivity contribution in [3.8, 4) is 28.7 Å². The molecule has 1 saturated carbocycles. The van der Waals surface area contributed by atoms with Crippen LogP contribution in [0.15, 0.2) is 109 Å². The summed E-state index contributed by atoms with van der Waals surface area (Å²) >= 11 is 5.62. The van der Waals surface area contributed by atoms with E-state index in [0.717, 1.165) is 48.7 Å². The molecule has 5 heteroatoms. The van der Waals surface area contributed by atoms with Crippen molar-refractivity contribution in [1.82, 2.24) is 5.32 Å². The molecule has 1 fully saturated rings. The summed E-state index contributed by atoms with van der Waals surface area (Å²) in [5, 5.41) is 3.92. The summed E-state index contributed by atoms with van der Waals surface area (Å²) in [6.45, 7) is 7.10. The fourth-order valence-corrected chi connectivity index (χ4v) is 6.43. The van der Waals surface area contributed by atoms with Crippen LogP contribution in [0.25, 0.3) is 0 Å². The second kappa shape index (κ2) is 12.1. The molecule has 1 aliphatic rings. The molecular formula is C35H37NO3S. The zero-order valence-corrected chi connectivity index (χ0v) is 24.2. The summed E-state index contributed by atoms with van der Waals surface area (Å²) in [7, 11) is 0. The summed E-state index contributed by atoms with van der Waals surface area (Å²) in [4.78, 5) is 0. The molecule has 0 bridgehead atoms. The van der Waals surface area contributed by atoms with Gasteiger partial charge in [0.05, 0.1) is 0 Å². The smallest absolute Gasteiger partial charge is 0.262 e. The van der Waals surface area contributed by atoms with Crippen molar-refractivity contribution in [2.75, 3.05) is 0 Å². The van der Waals surface area contributed by atoms with Gasteiger partial charge in [0, 0.05) is 6.04 Å². The molecule has 0 aromatic heterocycles. The number of nitrogens with one attached hydrogen (secondary N) is 1. The number of hydrogen-bond acceptors (Lipinski definition) is 4. The van der Waals surface area contributed by atoms with Crippen molar-refractivity contribution in [1.29, 1.82) is 0 Å². The molecule has 0 saturated heterocycles. The Morgan fingerprint density at radius 3 is 1.70 bits per heavy atom. The summed E-state index contributed by atoms with van der Waals surface area (Å²) in [5.41, 5.74) is 1.64. The van der Waals surface area contributed by atoms with Crippen LogP contribution in [0.1, 0.15) is 45.6 Å². The summed E-state index contributed by atoms with van der Waals surface area (Å²) in [5.74, 6) is 3.94. The minimum absolute atomic E-state index is 0.132. The van der Waals surface area contributed by atoms with Gasteiger partial charge in [-0.05, 0) is 115 Å². The fraction of sp³-hybridized carbons (Fsp3) is 0.286. The van der Waals surface area contributed by atoms with E-state index in [0.29, 0.717) is 10.9 Å². The fourth-order valence-electron chi connectivity index (χ4n) is 6.17. The molecule has 40 heavy (non-hydrogen) atoms. The Kier molecular flexibility index (Phi) is 8.41. The maximum absolute atomic E-state index is 5.99. The summed E-state index contributed by atoms with van der Waals surface area (Å²) in [6.07, 6.45) is 4.21. The van der Waals surface area contributed by atoms with Gasteiger partial charge in [-0.3, -0.25) is 0 Å². The number of ether oxygens (including phenoxy) is 3. The van der Waals surface area contributed by atoms with E-state index < -0.39 is 0 Å². The highest BCUT2D eigenvalue weighted by molar-refractivity contribution is 7.80. The summed E-state index contributed by atoms with van der Waals surface area (Å²) in [6, 6.07) is 35.9. The van der Waals surface area contributed by atoms with E-state index in [2.05, 4.69) is 50.4 Å². The Morgan fingerprint density at radius 1 is 0.675 bits per heavy atom. The zero-order chi connectivity index (χ0) is 28.0. The standard InChI is InChI=1S/C35H37NO3S/c1-34(2)23-27(36-33(40)39-32-20-18-31(19-21-32)38-29-12-8-5-9-13-29)24-35(3,25-34)22-26-14-16-30(17-15-26)37-28-10-6-4-7-11-28/h4-21,27H,22-25H2,1-3H3,(H,36,40). The number of hydrogen-bond donors (Lipinski definition) is 1. The monoisotopic (exact) mass is 551 g/mol. The number of thiocarbonyl (C=S) groups is 1. The second-order valence-electron chi connectivity index (χ2n) is 11.9. The zero-order valence-electron chi connectivity index (χ0n) is 23.4. The highest BCUT2D eigenvalue weighted by atomic mass is 32.1. The third kappa shape index (κ3) is 7.86. The van der Waals surface area contributed by atoms with E-state index in [-0.39, 0.29) is 16.9 Å². The van der Waals surface area contributed by atoms with Gasteiger partial charge in [0.2, 0.25) is 0 Å². The first-order valence-corrected chi connectivity index (χ1v) is 14.3. The largest absolute Gasteiger partial charge is 0.457 e. The van der Waals surface area contributed by atoms with Crippen LogP contribution in [-0.2, 0) is 6.42 Å². The molecule has 2 unspecified atom stereocenters. The SMILES string of the molecule is CC1(C)CC(NC(=S)Oc2ccc(Oc3ccccc3)cc2)CC(C)(Cc2ccc(Oc3ccccc3)cc2)C1. The first-order chi connectivity index (χ1) is 19.2. The van der Waals surface area contributed by atoms with Crippen LogP contribution in [0.5, 0.6) is 28.7 Å². The molecule has 0 aliphatic heterocycles. The summed E-state index contributed by atoms with van der Waals surface area (Å²) < 4.78 is 17.8. The topological polar surface area (TPSA) is 39.7 Å². The van der Waals surface area contributed by atoms with E-state index in [1.807, 2.05) is 84.9 Å². The van der Waals surface area contributed by atoms with Crippen LogP contribution in [0.4, 0.5) is 0 Å². The quantitative estimate of drug-likeness (QED) is 0.221. The average Bonchev–Trinajstić information content (AvgIpc) is 2.91. The van der Waals surface area contributed by atoms with Gasteiger partial charge in [0.1, 0.15) is 28.7 Å². The van der Waals surface area contributed by atoms with Gasteiger partial charge in [0.25, 0.3) is 5.17 Å².